The number of halogens is 1. The Morgan fingerprint density at radius 3 is 3.00 bits per heavy atom. The molecular weight excluding hydrogens is 238 g/mol. The fourth-order valence-corrected chi connectivity index (χ4v) is 1.73. The van der Waals surface area contributed by atoms with Crippen molar-refractivity contribution in [3.63, 3.8) is 0 Å². The van der Waals surface area contributed by atoms with Crippen LogP contribution < -0.4 is 5.32 Å². The van der Waals surface area contributed by atoms with Crippen molar-refractivity contribution >= 4 is 11.6 Å². The van der Waals surface area contributed by atoms with E-state index in [9.17, 15) is 0 Å². The molecule has 0 aliphatic rings. The first-order valence-corrected chi connectivity index (χ1v) is 5.99. The molecular formula is C12H16ClN3O. The highest BCUT2D eigenvalue weighted by molar-refractivity contribution is 6.31. The monoisotopic (exact) mass is 253 g/mol. The smallest absolute Gasteiger partial charge is 0.117 e. The first-order chi connectivity index (χ1) is 8.16. The van der Waals surface area contributed by atoms with E-state index in [-0.39, 0.29) is 6.04 Å². The van der Waals surface area contributed by atoms with Crippen LogP contribution in [0, 0.1) is 6.92 Å². The zero-order chi connectivity index (χ0) is 12.3. The average molecular weight is 254 g/mol. The van der Waals surface area contributed by atoms with Crippen LogP contribution in [0.4, 0.5) is 0 Å². The predicted octanol–water partition coefficient (Wildman–Crippen LogP) is 2.79. The molecule has 4 nitrogen and oxygen atoms in total. The number of aryl methyl sites for hydroxylation is 1. The minimum atomic E-state index is 0.260. The Morgan fingerprint density at radius 1 is 1.59 bits per heavy atom. The SMILES string of the molecule is Cc1nn(C(C)CNCc2ccco2)cc1Cl. The van der Waals surface area contributed by atoms with E-state index in [1.165, 1.54) is 0 Å². The van der Waals surface area contributed by atoms with Crippen LogP contribution >= 0.6 is 11.6 Å². The van der Waals surface area contributed by atoms with Gasteiger partial charge in [0.15, 0.2) is 0 Å². The summed E-state index contributed by atoms with van der Waals surface area (Å²) in [6, 6.07) is 4.10. The van der Waals surface area contributed by atoms with Gasteiger partial charge in [-0.3, -0.25) is 4.68 Å². The van der Waals surface area contributed by atoms with Gasteiger partial charge in [-0.15, -0.1) is 0 Å². The van der Waals surface area contributed by atoms with E-state index in [1.54, 1.807) is 6.26 Å². The van der Waals surface area contributed by atoms with Crippen LogP contribution in [0.2, 0.25) is 5.02 Å². The van der Waals surface area contributed by atoms with Crippen LogP contribution in [0.1, 0.15) is 24.4 Å². The van der Waals surface area contributed by atoms with E-state index in [0.717, 1.165) is 24.5 Å². The van der Waals surface area contributed by atoms with Crippen molar-refractivity contribution < 1.29 is 4.42 Å². The van der Waals surface area contributed by atoms with E-state index in [1.807, 2.05) is 29.9 Å². The molecule has 1 N–H and O–H groups in total. The molecule has 17 heavy (non-hydrogen) atoms. The number of hydrogen-bond acceptors (Lipinski definition) is 3. The van der Waals surface area contributed by atoms with Crippen molar-refractivity contribution in [2.24, 2.45) is 0 Å². The summed E-state index contributed by atoms with van der Waals surface area (Å²) < 4.78 is 7.12. The van der Waals surface area contributed by atoms with Crippen molar-refractivity contribution in [2.75, 3.05) is 6.54 Å². The summed E-state index contributed by atoms with van der Waals surface area (Å²) in [4.78, 5) is 0. The molecule has 5 heteroatoms. The summed E-state index contributed by atoms with van der Waals surface area (Å²) in [5.41, 5.74) is 0.865. The molecule has 0 radical (unpaired) electrons. The van der Waals surface area contributed by atoms with Gasteiger partial charge < -0.3 is 9.73 Å². The number of nitrogens with zero attached hydrogens (tertiary/aromatic N) is 2. The van der Waals surface area contributed by atoms with E-state index in [4.69, 9.17) is 16.0 Å². The van der Waals surface area contributed by atoms with Crippen LogP contribution in [0.5, 0.6) is 0 Å². The number of furan rings is 1. The first kappa shape index (κ1) is 12.2. The molecule has 2 aromatic rings. The third-order valence-electron chi connectivity index (χ3n) is 2.63. The lowest BCUT2D eigenvalue weighted by atomic mass is 10.3. The second-order valence-corrected chi connectivity index (χ2v) is 4.51. The van der Waals surface area contributed by atoms with Gasteiger partial charge in [-0.1, -0.05) is 11.6 Å². The summed E-state index contributed by atoms with van der Waals surface area (Å²) in [7, 11) is 0. The van der Waals surface area contributed by atoms with Crippen molar-refractivity contribution in [1.82, 2.24) is 15.1 Å². The van der Waals surface area contributed by atoms with Crippen LogP contribution in [-0.2, 0) is 6.54 Å². The predicted molar refractivity (Wildman–Crippen MR) is 67.1 cm³/mol. The van der Waals surface area contributed by atoms with Gasteiger partial charge in [0, 0.05) is 12.7 Å². The lowest BCUT2D eigenvalue weighted by molar-refractivity contribution is 0.426. The van der Waals surface area contributed by atoms with Crippen molar-refractivity contribution in [1.29, 1.82) is 0 Å². The van der Waals surface area contributed by atoms with E-state index >= 15 is 0 Å². The molecule has 0 aliphatic carbocycles. The molecule has 1 unspecified atom stereocenters. The van der Waals surface area contributed by atoms with Gasteiger partial charge in [0.05, 0.1) is 29.6 Å². The first-order valence-electron chi connectivity index (χ1n) is 5.61. The van der Waals surface area contributed by atoms with Crippen molar-refractivity contribution in [2.45, 2.75) is 26.4 Å². The molecule has 0 aromatic carbocycles. The minimum absolute atomic E-state index is 0.260. The van der Waals surface area contributed by atoms with Crippen LogP contribution in [0.15, 0.2) is 29.0 Å². The number of nitrogens with one attached hydrogen (secondary N) is 1. The summed E-state index contributed by atoms with van der Waals surface area (Å²) in [6.07, 6.45) is 3.53. The van der Waals surface area contributed by atoms with Crippen molar-refractivity contribution in [3.8, 4) is 0 Å². The summed E-state index contributed by atoms with van der Waals surface area (Å²) in [6.45, 7) is 5.54. The zero-order valence-corrected chi connectivity index (χ0v) is 10.7. The van der Waals surface area contributed by atoms with Crippen LogP contribution in [0.3, 0.4) is 0 Å². The third kappa shape index (κ3) is 3.11. The van der Waals surface area contributed by atoms with E-state index < -0.39 is 0 Å². The van der Waals surface area contributed by atoms with Gasteiger partial charge in [-0.25, -0.2) is 0 Å². The highest BCUT2D eigenvalue weighted by atomic mass is 35.5. The summed E-state index contributed by atoms with van der Waals surface area (Å²) in [5.74, 6) is 0.937. The summed E-state index contributed by atoms with van der Waals surface area (Å²) >= 11 is 5.97. The van der Waals surface area contributed by atoms with Gasteiger partial charge >= 0.3 is 0 Å². The average Bonchev–Trinajstić information content (AvgIpc) is 2.90. The molecule has 0 saturated heterocycles. The van der Waals surface area contributed by atoms with Crippen molar-refractivity contribution in [3.05, 3.63) is 41.1 Å². The number of aromatic nitrogens is 2. The topological polar surface area (TPSA) is 43.0 Å². The van der Waals surface area contributed by atoms with Crippen LogP contribution in [-0.4, -0.2) is 16.3 Å². The minimum Gasteiger partial charge on any atom is -0.468 e. The molecule has 2 heterocycles. The Balaban J connectivity index is 1.83. The standard InChI is InChI=1S/C12H16ClN3O/c1-9(16-8-12(13)10(2)15-16)6-14-7-11-4-3-5-17-11/h3-5,8-9,14H,6-7H2,1-2H3. The highest BCUT2D eigenvalue weighted by Crippen LogP contribution is 2.15. The van der Waals surface area contributed by atoms with Crippen LogP contribution in [0.25, 0.3) is 0 Å². The molecule has 1 atom stereocenters. The third-order valence-corrected chi connectivity index (χ3v) is 3.00. The Kier molecular flexibility index (Phi) is 3.86. The van der Waals surface area contributed by atoms with Gasteiger partial charge in [0.2, 0.25) is 0 Å². The largest absolute Gasteiger partial charge is 0.468 e. The summed E-state index contributed by atoms with van der Waals surface area (Å²) in [5, 5.41) is 8.38. The number of hydrogen-bond donors (Lipinski definition) is 1. The maximum atomic E-state index is 5.97. The molecule has 0 saturated carbocycles. The Labute approximate surface area is 106 Å². The van der Waals surface area contributed by atoms with Gasteiger partial charge in [-0.05, 0) is 26.0 Å². The molecule has 0 amide bonds. The van der Waals surface area contributed by atoms with Gasteiger partial charge in [0.25, 0.3) is 0 Å². The maximum absolute atomic E-state index is 5.97. The fraction of sp³-hybridized carbons (Fsp3) is 0.417. The molecule has 92 valence electrons. The fourth-order valence-electron chi connectivity index (χ4n) is 1.60. The van der Waals surface area contributed by atoms with E-state index in [2.05, 4.69) is 17.3 Å². The van der Waals surface area contributed by atoms with Gasteiger partial charge in [-0.2, -0.15) is 5.10 Å². The van der Waals surface area contributed by atoms with E-state index in [0.29, 0.717) is 5.02 Å². The maximum Gasteiger partial charge on any atom is 0.117 e. The quantitative estimate of drug-likeness (QED) is 0.891. The second kappa shape index (κ2) is 5.38. The molecule has 0 bridgehead atoms. The lowest BCUT2D eigenvalue weighted by Gasteiger charge is -2.12. The zero-order valence-electron chi connectivity index (χ0n) is 9.98. The Morgan fingerprint density at radius 2 is 2.41 bits per heavy atom. The highest BCUT2D eigenvalue weighted by Gasteiger charge is 2.08. The lowest BCUT2D eigenvalue weighted by Crippen LogP contribution is -2.23. The Hall–Kier alpha value is -1.26. The molecule has 0 fully saturated rings. The Bertz CT molecular complexity index is 445. The molecule has 2 rings (SSSR count). The molecule has 0 aliphatic heterocycles. The molecule has 0 spiro atoms. The molecule has 2 aromatic heterocycles. The number of rotatable bonds is 5. The normalized spacial score (nSPS) is 12.9. The second-order valence-electron chi connectivity index (χ2n) is 4.10. The van der Waals surface area contributed by atoms with Gasteiger partial charge in [0.1, 0.15) is 5.76 Å².